The SMILES string of the molecule is CCOC(=O)CCC(=O)O[C@H](C)[C@H]1CC[C@H]2[C@@H]3CC=C4C[C@@H](OC(C)=O)CC[C@]4(C)[C@H]3CC[C@]12C. The first-order valence-corrected chi connectivity index (χ1v) is 13.8. The fraction of sp³-hybridized carbons (Fsp3) is 0.828. The van der Waals surface area contributed by atoms with Crippen LogP contribution in [0.25, 0.3) is 0 Å². The number of carbonyl (C=O) groups excluding carboxylic acids is 3. The van der Waals surface area contributed by atoms with Crippen molar-refractivity contribution < 1.29 is 28.6 Å². The summed E-state index contributed by atoms with van der Waals surface area (Å²) in [5.74, 6) is 1.54. The van der Waals surface area contributed by atoms with Crippen LogP contribution in [0.3, 0.4) is 0 Å². The molecule has 0 aromatic rings. The van der Waals surface area contributed by atoms with Crippen LogP contribution in [0, 0.1) is 34.5 Å². The van der Waals surface area contributed by atoms with Crippen molar-refractivity contribution in [1.82, 2.24) is 0 Å². The summed E-state index contributed by atoms with van der Waals surface area (Å²) in [6, 6.07) is 0. The summed E-state index contributed by atoms with van der Waals surface area (Å²) in [5, 5.41) is 0. The Morgan fingerprint density at radius 2 is 1.77 bits per heavy atom. The zero-order valence-corrected chi connectivity index (χ0v) is 22.3. The molecule has 4 aliphatic rings. The molecular formula is C29H44O6. The molecule has 4 rings (SSSR count). The van der Waals surface area contributed by atoms with E-state index in [9.17, 15) is 14.4 Å². The van der Waals surface area contributed by atoms with Crippen LogP contribution in [0.2, 0.25) is 0 Å². The number of esters is 3. The van der Waals surface area contributed by atoms with Gasteiger partial charge in [0.05, 0.1) is 19.4 Å². The lowest BCUT2D eigenvalue weighted by Gasteiger charge is -2.58. The maximum Gasteiger partial charge on any atom is 0.306 e. The minimum atomic E-state index is -0.344. The van der Waals surface area contributed by atoms with E-state index < -0.39 is 0 Å². The summed E-state index contributed by atoms with van der Waals surface area (Å²) in [6.07, 6.45) is 11.3. The van der Waals surface area contributed by atoms with Gasteiger partial charge in [-0.3, -0.25) is 14.4 Å². The van der Waals surface area contributed by atoms with E-state index in [1.54, 1.807) is 6.92 Å². The number of carbonyl (C=O) groups is 3. The molecule has 0 heterocycles. The van der Waals surface area contributed by atoms with Gasteiger partial charge in [-0.15, -0.1) is 0 Å². The van der Waals surface area contributed by atoms with E-state index in [1.165, 1.54) is 31.8 Å². The van der Waals surface area contributed by atoms with Gasteiger partial charge in [0, 0.05) is 19.3 Å². The van der Waals surface area contributed by atoms with Crippen LogP contribution < -0.4 is 0 Å². The summed E-state index contributed by atoms with van der Waals surface area (Å²) in [6.45, 7) is 10.5. The van der Waals surface area contributed by atoms with Gasteiger partial charge in [0.2, 0.25) is 0 Å². The highest BCUT2D eigenvalue weighted by atomic mass is 16.5. The van der Waals surface area contributed by atoms with E-state index in [1.807, 2.05) is 6.92 Å². The van der Waals surface area contributed by atoms with E-state index >= 15 is 0 Å². The van der Waals surface area contributed by atoms with Crippen LogP contribution >= 0.6 is 0 Å². The lowest BCUT2D eigenvalue weighted by molar-refractivity contribution is -0.158. The third-order valence-electron chi connectivity index (χ3n) is 10.2. The number of ether oxygens (including phenoxy) is 3. The van der Waals surface area contributed by atoms with Gasteiger partial charge in [-0.25, -0.2) is 0 Å². The highest BCUT2D eigenvalue weighted by molar-refractivity contribution is 5.77. The molecule has 6 heteroatoms. The normalized spacial score (nSPS) is 38.8. The fourth-order valence-electron chi connectivity index (χ4n) is 8.56. The van der Waals surface area contributed by atoms with Crippen molar-refractivity contribution in [1.29, 1.82) is 0 Å². The molecule has 0 unspecified atom stereocenters. The molecule has 4 aliphatic carbocycles. The summed E-state index contributed by atoms with van der Waals surface area (Å²) in [4.78, 5) is 35.5. The minimum Gasteiger partial charge on any atom is -0.466 e. The Hall–Kier alpha value is -1.85. The van der Waals surface area contributed by atoms with Gasteiger partial charge in [0.15, 0.2) is 0 Å². The van der Waals surface area contributed by atoms with Crippen molar-refractivity contribution in [2.45, 2.75) is 111 Å². The molecule has 3 fully saturated rings. The maximum atomic E-state index is 12.4. The predicted molar refractivity (Wildman–Crippen MR) is 132 cm³/mol. The number of fused-ring (bicyclic) bond motifs is 5. The molecule has 0 N–H and O–H groups in total. The Balaban J connectivity index is 1.41. The summed E-state index contributed by atoms with van der Waals surface area (Å²) >= 11 is 0. The van der Waals surface area contributed by atoms with E-state index in [-0.39, 0.29) is 53.8 Å². The number of allylic oxidation sites excluding steroid dienone is 1. The Morgan fingerprint density at radius 3 is 2.49 bits per heavy atom. The fourth-order valence-corrected chi connectivity index (χ4v) is 8.56. The number of hydrogen-bond donors (Lipinski definition) is 0. The lowest BCUT2D eigenvalue weighted by atomic mass is 9.47. The first kappa shape index (κ1) is 26.2. The van der Waals surface area contributed by atoms with Crippen LogP contribution in [0.15, 0.2) is 11.6 Å². The number of rotatable bonds is 7. The van der Waals surface area contributed by atoms with Gasteiger partial charge in [0.1, 0.15) is 12.2 Å². The zero-order valence-electron chi connectivity index (χ0n) is 22.3. The second-order valence-electron chi connectivity index (χ2n) is 12.0. The van der Waals surface area contributed by atoms with E-state index in [2.05, 4.69) is 19.9 Å². The van der Waals surface area contributed by atoms with Crippen LogP contribution in [0.5, 0.6) is 0 Å². The van der Waals surface area contributed by atoms with E-state index in [0.29, 0.717) is 30.3 Å². The molecule has 0 saturated heterocycles. The smallest absolute Gasteiger partial charge is 0.306 e. The van der Waals surface area contributed by atoms with Crippen LogP contribution in [0.4, 0.5) is 0 Å². The Labute approximate surface area is 210 Å². The van der Waals surface area contributed by atoms with Crippen molar-refractivity contribution in [3.63, 3.8) is 0 Å². The summed E-state index contributed by atoms with van der Waals surface area (Å²) < 4.78 is 16.4. The van der Waals surface area contributed by atoms with Gasteiger partial charge in [0.25, 0.3) is 0 Å². The van der Waals surface area contributed by atoms with Gasteiger partial charge >= 0.3 is 17.9 Å². The van der Waals surface area contributed by atoms with E-state index in [4.69, 9.17) is 14.2 Å². The summed E-state index contributed by atoms with van der Waals surface area (Å²) in [7, 11) is 0. The number of hydrogen-bond acceptors (Lipinski definition) is 6. The molecule has 0 amide bonds. The van der Waals surface area contributed by atoms with Gasteiger partial charge in [-0.2, -0.15) is 0 Å². The third-order valence-corrected chi connectivity index (χ3v) is 10.2. The van der Waals surface area contributed by atoms with Crippen molar-refractivity contribution in [3.05, 3.63) is 11.6 Å². The molecule has 196 valence electrons. The standard InChI is InChI=1S/C29H44O6/c1-6-33-26(31)11-12-27(32)34-18(2)23-9-10-24-22-8-7-20-17-21(35-19(3)30)13-15-28(20,4)25(22)14-16-29(23,24)5/h7,18,21-25H,6,8-17H2,1-5H3/t18-,21+,22+,23-,24+,25+,28+,29-/m1/s1. The van der Waals surface area contributed by atoms with Crippen LogP contribution in [0.1, 0.15) is 98.8 Å². The molecule has 35 heavy (non-hydrogen) atoms. The summed E-state index contributed by atoms with van der Waals surface area (Å²) in [5.41, 5.74) is 1.90. The van der Waals surface area contributed by atoms with Gasteiger partial charge in [-0.05, 0) is 87.4 Å². The first-order chi connectivity index (χ1) is 16.6. The van der Waals surface area contributed by atoms with Crippen molar-refractivity contribution >= 4 is 17.9 Å². The zero-order chi connectivity index (χ0) is 25.4. The van der Waals surface area contributed by atoms with Crippen LogP contribution in [-0.2, 0) is 28.6 Å². The average Bonchev–Trinajstić information content (AvgIpc) is 3.15. The second-order valence-corrected chi connectivity index (χ2v) is 12.0. The highest BCUT2D eigenvalue weighted by Gasteiger charge is 2.59. The molecule has 6 nitrogen and oxygen atoms in total. The second kappa shape index (κ2) is 10.3. The molecule has 0 spiro atoms. The Bertz CT molecular complexity index is 863. The largest absolute Gasteiger partial charge is 0.466 e. The lowest BCUT2D eigenvalue weighted by Crippen LogP contribution is -2.51. The quantitative estimate of drug-likeness (QED) is 0.257. The first-order valence-electron chi connectivity index (χ1n) is 13.8. The Morgan fingerprint density at radius 1 is 1.03 bits per heavy atom. The third kappa shape index (κ3) is 5.04. The van der Waals surface area contributed by atoms with Crippen LogP contribution in [-0.4, -0.2) is 36.7 Å². The molecule has 0 aromatic heterocycles. The average molecular weight is 489 g/mol. The Kier molecular flexibility index (Phi) is 7.68. The molecule has 0 radical (unpaired) electrons. The van der Waals surface area contributed by atoms with Gasteiger partial charge in [-0.1, -0.05) is 25.5 Å². The molecule has 8 atom stereocenters. The molecule has 0 bridgehead atoms. The maximum absolute atomic E-state index is 12.4. The molecular weight excluding hydrogens is 444 g/mol. The van der Waals surface area contributed by atoms with E-state index in [0.717, 1.165) is 32.1 Å². The van der Waals surface area contributed by atoms with Crippen molar-refractivity contribution in [3.8, 4) is 0 Å². The van der Waals surface area contributed by atoms with Crippen molar-refractivity contribution in [2.24, 2.45) is 34.5 Å². The molecule has 0 aromatic carbocycles. The van der Waals surface area contributed by atoms with Crippen molar-refractivity contribution in [2.75, 3.05) is 6.61 Å². The topological polar surface area (TPSA) is 78.9 Å². The predicted octanol–water partition coefficient (Wildman–Crippen LogP) is 5.77. The molecule has 3 saturated carbocycles. The minimum absolute atomic E-state index is 0.0347. The molecule has 0 aliphatic heterocycles. The monoisotopic (exact) mass is 488 g/mol. The van der Waals surface area contributed by atoms with Gasteiger partial charge < -0.3 is 14.2 Å². The highest BCUT2D eigenvalue weighted by Crippen LogP contribution is 2.66.